The second-order valence-corrected chi connectivity index (χ2v) is 17.3. The average molecular weight is 813 g/mol. The van der Waals surface area contributed by atoms with Crippen molar-refractivity contribution in [3.05, 3.63) is 217 Å². The van der Waals surface area contributed by atoms with Gasteiger partial charge in [0, 0.05) is 56.9 Å². The fourth-order valence-corrected chi connectivity index (χ4v) is 10.2. The molecule has 0 saturated carbocycles. The lowest BCUT2D eigenvalue weighted by atomic mass is 9.82. The molecule has 1 aliphatic carbocycles. The van der Waals surface area contributed by atoms with Gasteiger partial charge in [0.25, 0.3) is 0 Å². The quantitative estimate of drug-likeness (QED) is 0.161. The lowest BCUT2D eigenvalue weighted by molar-refractivity contribution is 0.483. The van der Waals surface area contributed by atoms with E-state index in [4.69, 9.17) is 9.72 Å². The number of aryl methyl sites for hydroxylation is 1. The van der Waals surface area contributed by atoms with Gasteiger partial charge in [-0.15, -0.1) is 0 Å². The summed E-state index contributed by atoms with van der Waals surface area (Å²) in [5.41, 5.74) is 17.9. The number of para-hydroxylation sites is 3. The number of ether oxygens (including phenoxy) is 1. The third kappa shape index (κ3) is 5.88. The largest absolute Gasteiger partial charge is 0.457 e. The van der Waals surface area contributed by atoms with Gasteiger partial charge in [0.15, 0.2) is 0 Å². The van der Waals surface area contributed by atoms with E-state index in [2.05, 4.69) is 217 Å². The third-order valence-electron chi connectivity index (χ3n) is 13.2. The second kappa shape index (κ2) is 14.4. The Morgan fingerprint density at radius 2 is 1.17 bits per heavy atom. The first-order valence-corrected chi connectivity index (χ1v) is 21.7. The van der Waals surface area contributed by atoms with Crippen molar-refractivity contribution in [3.63, 3.8) is 0 Å². The predicted octanol–water partition coefficient (Wildman–Crippen LogP) is 15.2. The van der Waals surface area contributed by atoms with Gasteiger partial charge in [-0.25, -0.2) is 4.98 Å². The number of hydrogen-bond donors (Lipinski definition) is 0. The highest BCUT2D eigenvalue weighted by molar-refractivity contribution is 6.09. The van der Waals surface area contributed by atoms with Crippen LogP contribution in [0.3, 0.4) is 0 Å². The first-order chi connectivity index (χ1) is 30.9. The van der Waals surface area contributed by atoms with Crippen molar-refractivity contribution in [2.75, 3.05) is 16.5 Å². The average Bonchev–Trinajstić information content (AvgIpc) is 3.95. The van der Waals surface area contributed by atoms with Gasteiger partial charge in [0.2, 0.25) is 0 Å². The zero-order valence-electron chi connectivity index (χ0n) is 35.5. The Bertz CT molecular complexity index is 3400. The van der Waals surface area contributed by atoms with Crippen molar-refractivity contribution >= 4 is 44.6 Å². The Hall–Kier alpha value is -7.89. The molecule has 3 heterocycles. The molecule has 2 aliphatic rings. The molecule has 8 aromatic carbocycles. The van der Waals surface area contributed by atoms with Crippen LogP contribution in [0.15, 0.2) is 200 Å². The van der Waals surface area contributed by atoms with Gasteiger partial charge in [-0.05, 0) is 88.8 Å². The maximum atomic E-state index is 6.80. The molecule has 0 spiro atoms. The molecular formula is C58H44N4O. The fourth-order valence-electron chi connectivity index (χ4n) is 10.2. The SMILES string of the molecule is Cc1cc(-n2c3ccccc3c3ccc(Oc4cccc(N5CN(c6c(-c7ccccc7)ccc7c6-c6ccccc6C7(C)C)c6ccccc65)c4)cc32)ncc1-c1ccccc1. The highest BCUT2D eigenvalue weighted by Gasteiger charge is 2.40. The van der Waals surface area contributed by atoms with Crippen molar-refractivity contribution in [3.8, 4) is 50.7 Å². The van der Waals surface area contributed by atoms with Crippen LogP contribution in [0.5, 0.6) is 11.5 Å². The fraction of sp³-hybridized carbons (Fsp3) is 0.0862. The number of nitrogens with zero attached hydrogens (tertiary/aromatic N) is 4. The van der Waals surface area contributed by atoms with Crippen LogP contribution < -0.4 is 14.5 Å². The molecule has 0 unspecified atom stereocenters. The molecular weight excluding hydrogens is 769 g/mol. The number of anilines is 4. The van der Waals surface area contributed by atoms with E-state index in [1.54, 1.807) is 0 Å². The molecule has 10 aromatic rings. The molecule has 302 valence electrons. The third-order valence-corrected chi connectivity index (χ3v) is 13.2. The number of hydrogen-bond acceptors (Lipinski definition) is 4. The number of aromatic nitrogens is 2. The highest BCUT2D eigenvalue weighted by Crippen LogP contribution is 2.57. The normalized spacial score (nSPS) is 13.6. The predicted molar refractivity (Wildman–Crippen MR) is 260 cm³/mol. The van der Waals surface area contributed by atoms with Crippen LogP contribution in [-0.2, 0) is 5.41 Å². The molecule has 0 amide bonds. The smallest absolute Gasteiger partial charge is 0.137 e. The minimum Gasteiger partial charge on any atom is -0.457 e. The number of rotatable bonds is 7. The van der Waals surface area contributed by atoms with Crippen LogP contribution in [-0.4, -0.2) is 16.2 Å². The van der Waals surface area contributed by atoms with Gasteiger partial charge >= 0.3 is 0 Å². The molecule has 0 fully saturated rings. The summed E-state index contributed by atoms with van der Waals surface area (Å²) < 4.78 is 9.06. The lowest BCUT2D eigenvalue weighted by Gasteiger charge is -2.28. The van der Waals surface area contributed by atoms with Crippen molar-refractivity contribution < 1.29 is 4.74 Å². The molecule has 12 rings (SSSR count). The minimum atomic E-state index is -0.125. The summed E-state index contributed by atoms with van der Waals surface area (Å²) in [5, 5.41) is 2.33. The zero-order valence-corrected chi connectivity index (χ0v) is 35.5. The molecule has 63 heavy (non-hydrogen) atoms. The number of fused-ring (bicyclic) bond motifs is 7. The standard InChI is InChI=1S/C58H44N4O/c1-38-33-55(59-36-48(38)40-19-8-5-9-20-40)62-51-26-13-11-23-45(51)46-30-29-43(35-54(46)62)63-42-22-16-21-41(34-42)60-37-61(53-28-15-14-27-52(53)60)57-44(39-17-6-4-7-18-39)31-32-50-56(57)47-24-10-12-25-49(47)58(50,2)3/h4-36H,37H2,1-3H3. The van der Waals surface area contributed by atoms with E-state index >= 15 is 0 Å². The van der Waals surface area contributed by atoms with Crippen molar-refractivity contribution in [1.82, 2.24) is 9.55 Å². The van der Waals surface area contributed by atoms with E-state index in [-0.39, 0.29) is 5.41 Å². The first kappa shape index (κ1) is 36.9. The maximum absolute atomic E-state index is 6.80. The molecule has 5 nitrogen and oxygen atoms in total. The van der Waals surface area contributed by atoms with Crippen molar-refractivity contribution in [1.29, 1.82) is 0 Å². The molecule has 0 radical (unpaired) electrons. The van der Waals surface area contributed by atoms with Gasteiger partial charge in [-0.1, -0.05) is 147 Å². The van der Waals surface area contributed by atoms with Crippen molar-refractivity contribution in [2.24, 2.45) is 0 Å². The van der Waals surface area contributed by atoms with E-state index in [1.165, 1.54) is 55.7 Å². The van der Waals surface area contributed by atoms with Crippen LogP contribution in [0.4, 0.5) is 22.7 Å². The van der Waals surface area contributed by atoms with E-state index in [0.717, 1.165) is 56.2 Å². The summed E-state index contributed by atoms with van der Waals surface area (Å²) in [6.07, 6.45) is 2.00. The Labute approximate surface area is 367 Å². The van der Waals surface area contributed by atoms with Gasteiger partial charge in [-0.2, -0.15) is 0 Å². The summed E-state index contributed by atoms with van der Waals surface area (Å²) in [7, 11) is 0. The lowest BCUT2D eigenvalue weighted by Crippen LogP contribution is -2.25. The molecule has 1 aliphatic heterocycles. The molecule has 0 saturated heterocycles. The van der Waals surface area contributed by atoms with Crippen molar-refractivity contribution in [2.45, 2.75) is 26.2 Å². The Morgan fingerprint density at radius 3 is 1.97 bits per heavy atom. The summed E-state index contributed by atoms with van der Waals surface area (Å²) in [4.78, 5) is 9.98. The molecule has 0 N–H and O–H groups in total. The van der Waals surface area contributed by atoms with Crippen LogP contribution >= 0.6 is 0 Å². The Balaban J connectivity index is 0.928. The molecule has 0 atom stereocenters. The van der Waals surface area contributed by atoms with E-state index in [1.807, 2.05) is 18.3 Å². The van der Waals surface area contributed by atoms with Crippen LogP contribution in [0.25, 0.3) is 61.0 Å². The second-order valence-electron chi connectivity index (χ2n) is 17.3. The summed E-state index contributed by atoms with van der Waals surface area (Å²) >= 11 is 0. The molecule has 2 aromatic heterocycles. The van der Waals surface area contributed by atoms with Gasteiger partial charge in [-0.3, -0.25) is 4.57 Å². The van der Waals surface area contributed by atoms with E-state index in [0.29, 0.717) is 6.67 Å². The topological polar surface area (TPSA) is 33.5 Å². The van der Waals surface area contributed by atoms with Crippen LogP contribution in [0.1, 0.15) is 30.5 Å². The number of benzene rings is 8. The van der Waals surface area contributed by atoms with Gasteiger partial charge in [0.05, 0.1) is 28.1 Å². The summed E-state index contributed by atoms with van der Waals surface area (Å²) in [6, 6.07) is 69.4. The first-order valence-electron chi connectivity index (χ1n) is 21.7. The summed E-state index contributed by atoms with van der Waals surface area (Å²) in [6.45, 7) is 7.52. The van der Waals surface area contributed by atoms with E-state index < -0.39 is 0 Å². The number of pyridine rings is 1. The molecule has 0 bridgehead atoms. The zero-order chi connectivity index (χ0) is 42.2. The minimum absolute atomic E-state index is 0.125. The maximum Gasteiger partial charge on any atom is 0.137 e. The Morgan fingerprint density at radius 1 is 0.508 bits per heavy atom. The summed E-state index contributed by atoms with van der Waals surface area (Å²) in [5.74, 6) is 2.41. The van der Waals surface area contributed by atoms with Crippen LogP contribution in [0, 0.1) is 6.92 Å². The molecule has 5 heteroatoms. The van der Waals surface area contributed by atoms with Gasteiger partial charge < -0.3 is 14.5 Å². The van der Waals surface area contributed by atoms with E-state index in [9.17, 15) is 0 Å². The monoisotopic (exact) mass is 812 g/mol. The van der Waals surface area contributed by atoms with Crippen LogP contribution in [0.2, 0.25) is 0 Å². The highest BCUT2D eigenvalue weighted by atomic mass is 16.5. The van der Waals surface area contributed by atoms with Gasteiger partial charge in [0.1, 0.15) is 24.0 Å². The Kier molecular flexibility index (Phi) is 8.41.